The van der Waals surface area contributed by atoms with Crippen LogP contribution in [0.1, 0.15) is 55.1 Å². The second-order valence-corrected chi connectivity index (χ2v) is 6.97. The van der Waals surface area contributed by atoms with Crippen LogP contribution in [0.25, 0.3) is 0 Å². The summed E-state index contributed by atoms with van der Waals surface area (Å²) in [5.41, 5.74) is 3.58. The van der Waals surface area contributed by atoms with Crippen molar-refractivity contribution in [1.82, 2.24) is 24.4 Å². The molecule has 1 unspecified atom stereocenters. The van der Waals surface area contributed by atoms with Crippen LogP contribution >= 0.6 is 0 Å². The zero-order chi connectivity index (χ0) is 16.5. The van der Waals surface area contributed by atoms with Crippen molar-refractivity contribution in [3.05, 3.63) is 45.7 Å². The standard InChI is InChI=1S/C18H25N5O/c1-2-13-9-18(24)21-17(20-13)11-22-8-7-14(10-22)23-12-19-15-5-3-4-6-16(15)23/h9,12,14H,2-8,10-11H2,1H3,(H,20,21,24). The lowest BCUT2D eigenvalue weighted by Crippen LogP contribution is -2.25. The van der Waals surface area contributed by atoms with E-state index in [-0.39, 0.29) is 5.56 Å². The second kappa shape index (κ2) is 6.51. The van der Waals surface area contributed by atoms with Gasteiger partial charge >= 0.3 is 0 Å². The molecule has 2 aromatic rings. The summed E-state index contributed by atoms with van der Waals surface area (Å²) >= 11 is 0. The third-order valence-electron chi connectivity index (χ3n) is 5.28. The lowest BCUT2D eigenvalue weighted by molar-refractivity contribution is 0.306. The minimum absolute atomic E-state index is 0.0451. The summed E-state index contributed by atoms with van der Waals surface area (Å²) in [5.74, 6) is 0.785. The Morgan fingerprint density at radius 3 is 3.08 bits per heavy atom. The summed E-state index contributed by atoms with van der Waals surface area (Å²) in [6, 6.07) is 2.09. The van der Waals surface area contributed by atoms with Gasteiger partial charge in [-0.1, -0.05) is 6.92 Å². The SMILES string of the molecule is CCc1cc(=O)[nH]c(CN2CCC(n3cnc4c3CCCC4)C2)n1. The molecule has 0 radical (unpaired) electrons. The predicted molar refractivity (Wildman–Crippen MR) is 92.0 cm³/mol. The minimum Gasteiger partial charge on any atom is -0.330 e. The van der Waals surface area contributed by atoms with E-state index < -0.39 is 0 Å². The summed E-state index contributed by atoms with van der Waals surface area (Å²) in [5, 5.41) is 0. The summed E-state index contributed by atoms with van der Waals surface area (Å²) < 4.78 is 2.41. The largest absolute Gasteiger partial charge is 0.330 e. The van der Waals surface area contributed by atoms with Crippen LogP contribution in [0.15, 0.2) is 17.2 Å². The molecule has 0 amide bonds. The Labute approximate surface area is 141 Å². The van der Waals surface area contributed by atoms with E-state index >= 15 is 0 Å². The maximum absolute atomic E-state index is 11.7. The van der Waals surface area contributed by atoms with Crippen molar-refractivity contribution in [2.24, 2.45) is 0 Å². The fourth-order valence-corrected chi connectivity index (χ4v) is 4.02. The molecule has 24 heavy (non-hydrogen) atoms. The van der Waals surface area contributed by atoms with E-state index in [0.29, 0.717) is 6.04 Å². The van der Waals surface area contributed by atoms with Crippen LogP contribution in [0.3, 0.4) is 0 Å². The van der Waals surface area contributed by atoms with Gasteiger partial charge in [0.15, 0.2) is 0 Å². The van der Waals surface area contributed by atoms with Crippen LogP contribution in [0, 0.1) is 0 Å². The number of fused-ring (bicyclic) bond motifs is 1. The van der Waals surface area contributed by atoms with Crippen molar-refractivity contribution in [2.45, 2.75) is 58.0 Å². The van der Waals surface area contributed by atoms with Crippen molar-refractivity contribution in [1.29, 1.82) is 0 Å². The number of imidazole rings is 1. The molecule has 1 saturated heterocycles. The van der Waals surface area contributed by atoms with Crippen molar-refractivity contribution in [3.8, 4) is 0 Å². The van der Waals surface area contributed by atoms with Crippen LogP contribution < -0.4 is 5.56 Å². The molecule has 1 aliphatic carbocycles. The number of nitrogens with one attached hydrogen (secondary N) is 1. The van der Waals surface area contributed by atoms with E-state index in [0.717, 1.165) is 50.4 Å². The number of aryl methyl sites for hydroxylation is 2. The maximum atomic E-state index is 11.7. The van der Waals surface area contributed by atoms with Crippen LogP contribution in [0.4, 0.5) is 0 Å². The topological polar surface area (TPSA) is 66.8 Å². The molecular formula is C18H25N5O. The summed E-state index contributed by atoms with van der Waals surface area (Å²) in [7, 11) is 0. The monoisotopic (exact) mass is 327 g/mol. The van der Waals surface area contributed by atoms with Crippen LogP contribution in [0.2, 0.25) is 0 Å². The average Bonchev–Trinajstić information content (AvgIpc) is 3.20. The molecule has 0 aromatic carbocycles. The molecule has 1 atom stereocenters. The van der Waals surface area contributed by atoms with Gasteiger partial charge < -0.3 is 9.55 Å². The number of H-pyrrole nitrogens is 1. The fourth-order valence-electron chi connectivity index (χ4n) is 4.02. The second-order valence-electron chi connectivity index (χ2n) is 6.97. The van der Waals surface area contributed by atoms with Gasteiger partial charge in [0.05, 0.1) is 18.6 Å². The number of aromatic nitrogens is 4. The molecule has 6 heteroatoms. The first-order chi connectivity index (χ1) is 11.7. The Balaban J connectivity index is 1.46. The average molecular weight is 327 g/mol. The Bertz CT molecular complexity index is 778. The smallest absolute Gasteiger partial charge is 0.251 e. The molecule has 0 bridgehead atoms. The highest BCUT2D eigenvalue weighted by atomic mass is 16.1. The van der Waals surface area contributed by atoms with Crippen LogP contribution in [-0.2, 0) is 25.8 Å². The van der Waals surface area contributed by atoms with E-state index in [2.05, 4.69) is 24.4 Å². The maximum Gasteiger partial charge on any atom is 0.251 e. The number of hydrogen-bond donors (Lipinski definition) is 1. The zero-order valence-corrected chi connectivity index (χ0v) is 14.3. The van der Waals surface area contributed by atoms with Gasteiger partial charge in [0, 0.05) is 36.6 Å². The molecule has 3 heterocycles. The number of nitrogens with zero attached hydrogens (tertiary/aromatic N) is 4. The number of aromatic amines is 1. The Kier molecular flexibility index (Phi) is 4.22. The van der Waals surface area contributed by atoms with Gasteiger partial charge in [0.1, 0.15) is 5.82 Å². The van der Waals surface area contributed by atoms with Crippen molar-refractivity contribution >= 4 is 0 Å². The van der Waals surface area contributed by atoms with Gasteiger partial charge in [0.2, 0.25) is 0 Å². The molecule has 0 spiro atoms. The molecule has 2 aromatic heterocycles. The van der Waals surface area contributed by atoms with Gasteiger partial charge in [0.25, 0.3) is 5.56 Å². The highest BCUT2D eigenvalue weighted by Gasteiger charge is 2.27. The quantitative estimate of drug-likeness (QED) is 0.931. The lowest BCUT2D eigenvalue weighted by Gasteiger charge is -2.20. The lowest BCUT2D eigenvalue weighted by atomic mass is 10.0. The van der Waals surface area contributed by atoms with E-state index in [1.165, 1.54) is 30.7 Å². The van der Waals surface area contributed by atoms with Gasteiger partial charge in [-0.05, 0) is 38.5 Å². The van der Waals surface area contributed by atoms with Gasteiger partial charge in [-0.2, -0.15) is 0 Å². The van der Waals surface area contributed by atoms with Crippen molar-refractivity contribution in [2.75, 3.05) is 13.1 Å². The Morgan fingerprint density at radius 2 is 2.21 bits per heavy atom. The first-order valence-corrected chi connectivity index (χ1v) is 9.09. The summed E-state index contributed by atoms with van der Waals surface area (Å²) in [4.78, 5) is 26.2. The molecule has 1 fully saturated rings. The number of rotatable bonds is 4. The van der Waals surface area contributed by atoms with Crippen molar-refractivity contribution in [3.63, 3.8) is 0 Å². The summed E-state index contributed by atoms with van der Waals surface area (Å²) in [6.45, 7) is 4.79. The Morgan fingerprint density at radius 1 is 1.33 bits per heavy atom. The van der Waals surface area contributed by atoms with Crippen molar-refractivity contribution < 1.29 is 0 Å². The molecular weight excluding hydrogens is 302 g/mol. The number of likely N-dealkylation sites (tertiary alicyclic amines) is 1. The van der Waals surface area contributed by atoms with Gasteiger partial charge in [-0.15, -0.1) is 0 Å². The molecule has 1 N–H and O–H groups in total. The molecule has 2 aliphatic rings. The van der Waals surface area contributed by atoms with E-state index in [1.807, 2.05) is 13.3 Å². The van der Waals surface area contributed by atoms with E-state index in [9.17, 15) is 4.79 Å². The van der Waals surface area contributed by atoms with Crippen LogP contribution in [-0.4, -0.2) is 37.5 Å². The first-order valence-electron chi connectivity index (χ1n) is 9.09. The molecule has 1 aliphatic heterocycles. The number of hydrogen-bond acceptors (Lipinski definition) is 4. The summed E-state index contributed by atoms with van der Waals surface area (Å²) in [6.07, 6.45) is 8.83. The third-order valence-corrected chi connectivity index (χ3v) is 5.28. The molecule has 6 nitrogen and oxygen atoms in total. The van der Waals surface area contributed by atoms with E-state index in [4.69, 9.17) is 0 Å². The zero-order valence-electron chi connectivity index (χ0n) is 14.3. The predicted octanol–water partition coefficient (Wildman–Crippen LogP) is 1.85. The van der Waals surface area contributed by atoms with Crippen LogP contribution in [0.5, 0.6) is 0 Å². The molecule has 4 rings (SSSR count). The third kappa shape index (κ3) is 3.02. The van der Waals surface area contributed by atoms with Gasteiger partial charge in [-0.3, -0.25) is 9.69 Å². The van der Waals surface area contributed by atoms with E-state index in [1.54, 1.807) is 6.07 Å². The molecule has 128 valence electrons. The van der Waals surface area contributed by atoms with Gasteiger partial charge in [-0.25, -0.2) is 9.97 Å². The minimum atomic E-state index is -0.0451. The molecule has 0 saturated carbocycles. The fraction of sp³-hybridized carbons (Fsp3) is 0.611. The highest BCUT2D eigenvalue weighted by molar-refractivity contribution is 5.17. The highest BCUT2D eigenvalue weighted by Crippen LogP contribution is 2.28. The first kappa shape index (κ1) is 15.6. The normalized spacial score (nSPS) is 21.1. The Hall–Kier alpha value is -1.95.